The maximum Gasteiger partial charge on any atom is 0.126 e. The predicted octanol–water partition coefficient (Wildman–Crippen LogP) is 10.3. The Kier molecular flexibility index (Phi) is 7.91. The molecule has 0 heterocycles. The highest BCUT2D eigenvalue weighted by Crippen LogP contribution is 2.41. The van der Waals surface area contributed by atoms with E-state index in [1.165, 1.54) is 67.2 Å². The van der Waals surface area contributed by atoms with Gasteiger partial charge < -0.3 is 0 Å². The van der Waals surface area contributed by atoms with Crippen molar-refractivity contribution in [1.82, 2.24) is 0 Å². The van der Waals surface area contributed by atoms with Crippen molar-refractivity contribution in [2.24, 2.45) is 11.8 Å². The van der Waals surface area contributed by atoms with Crippen LogP contribution in [0.2, 0.25) is 0 Å². The zero-order chi connectivity index (χ0) is 24.2. The maximum absolute atomic E-state index is 15.1. The highest BCUT2D eigenvalue weighted by atomic mass is 19.1. The molecule has 0 bridgehead atoms. The van der Waals surface area contributed by atoms with E-state index in [-0.39, 0.29) is 5.82 Å². The van der Waals surface area contributed by atoms with Gasteiger partial charge in [-0.1, -0.05) is 61.9 Å². The van der Waals surface area contributed by atoms with Crippen LogP contribution in [0.5, 0.6) is 0 Å². The third-order valence-corrected chi connectivity index (χ3v) is 9.63. The summed E-state index contributed by atoms with van der Waals surface area (Å²) in [6.07, 6.45) is 19.0. The van der Waals surface area contributed by atoms with Crippen LogP contribution in [0.1, 0.15) is 124 Å². The highest BCUT2D eigenvalue weighted by molar-refractivity contribution is 5.67. The fraction of sp³-hybridized carbons (Fsp3) is 0.529. The first-order chi connectivity index (χ1) is 17.1. The van der Waals surface area contributed by atoms with Crippen molar-refractivity contribution in [3.8, 4) is 0 Å². The van der Waals surface area contributed by atoms with Gasteiger partial charge in [-0.3, -0.25) is 0 Å². The fourth-order valence-corrected chi connectivity index (χ4v) is 7.07. The molecule has 3 aliphatic carbocycles. The molecule has 1 heteroatoms. The Bertz CT molecular complexity index is 1010. The molecule has 0 saturated heterocycles. The molecule has 0 radical (unpaired) electrons. The minimum Gasteiger partial charge on any atom is -0.207 e. The average molecular weight is 471 g/mol. The van der Waals surface area contributed by atoms with E-state index in [1.54, 1.807) is 0 Å². The van der Waals surface area contributed by atoms with Gasteiger partial charge >= 0.3 is 0 Å². The number of hydrogen-bond acceptors (Lipinski definition) is 0. The van der Waals surface area contributed by atoms with Gasteiger partial charge in [-0.2, -0.15) is 0 Å². The smallest absolute Gasteiger partial charge is 0.126 e. The molecule has 0 aliphatic heterocycles. The van der Waals surface area contributed by atoms with Crippen LogP contribution in [0.3, 0.4) is 0 Å². The Morgan fingerprint density at radius 1 is 0.800 bits per heavy atom. The molecule has 2 aromatic carbocycles. The van der Waals surface area contributed by atoms with Crippen LogP contribution in [0.4, 0.5) is 4.39 Å². The third kappa shape index (κ3) is 5.65. The molecule has 1 unspecified atom stereocenters. The molecule has 186 valence electrons. The Morgan fingerprint density at radius 2 is 1.49 bits per heavy atom. The van der Waals surface area contributed by atoms with Crippen molar-refractivity contribution >= 4 is 5.57 Å². The van der Waals surface area contributed by atoms with Crippen LogP contribution in [-0.4, -0.2) is 0 Å². The third-order valence-electron chi connectivity index (χ3n) is 9.63. The number of benzene rings is 2. The van der Waals surface area contributed by atoms with E-state index in [1.807, 2.05) is 6.07 Å². The quantitative estimate of drug-likeness (QED) is 0.368. The van der Waals surface area contributed by atoms with E-state index in [2.05, 4.69) is 62.1 Å². The van der Waals surface area contributed by atoms with Gasteiger partial charge in [0.1, 0.15) is 5.82 Å². The van der Waals surface area contributed by atoms with E-state index in [4.69, 9.17) is 0 Å². The molecule has 0 aromatic heterocycles. The van der Waals surface area contributed by atoms with Gasteiger partial charge in [0.05, 0.1) is 0 Å². The summed E-state index contributed by atoms with van der Waals surface area (Å²) in [5.74, 6) is 3.18. The first kappa shape index (κ1) is 24.5. The van der Waals surface area contributed by atoms with E-state index in [0.717, 1.165) is 49.5 Å². The van der Waals surface area contributed by atoms with Gasteiger partial charge in [-0.15, -0.1) is 6.58 Å². The Balaban J connectivity index is 1.19. The minimum absolute atomic E-state index is 0.0370. The summed E-state index contributed by atoms with van der Waals surface area (Å²) in [4.78, 5) is 0. The lowest BCUT2D eigenvalue weighted by molar-refractivity contribution is 0.314. The molecule has 2 fully saturated rings. The zero-order valence-electron chi connectivity index (χ0n) is 21.7. The summed E-state index contributed by atoms with van der Waals surface area (Å²) in [5, 5.41) is 0. The van der Waals surface area contributed by atoms with Crippen molar-refractivity contribution < 1.29 is 4.39 Å². The van der Waals surface area contributed by atoms with E-state index in [0.29, 0.717) is 17.8 Å². The Labute approximate surface area is 212 Å². The molecule has 0 spiro atoms. The number of allylic oxidation sites excluding steroid dienone is 3. The molecular formula is C34H43F. The summed E-state index contributed by atoms with van der Waals surface area (Å²) < 4.78 is 15.1. The van der Waals surface area contributed by atoms with Gasteiger partial charge in [-0.05, 0) is 134 Å². The largest absolute Gasteiger partial charge is 0.207 e. The van der Waals surface area contributed by atoms with Gasteiger partial charge in [0.15, 0.2) is 0 Å². The van der Waals surface area contributed by atoms with Gasteiger partial charge in [0, 0.05) is 0 Å². The molecule has 5 rings (SSSR count). The lowest BCUT2D eigenvalue weighted by Gasteiger charge is -2.29. The van der Waals surface area contributed by atoms with Gasteiger partial charge in [0.25, 0.3) is 0 Å². The lowest BCUT2D eigenvalue weighted by atomic mass is 9.76. The normalized spacial score (nSPS) is 29.4. The monoisotopic (exact) mass is 470 g/mol. The van der Waals surface area contributed by atoms with Crippen LogP contribution in [0.25, 0.3) is 5.57 Å². The van der Waals surface area contributed by atoms with Crippen molar-refractivity contribution in [2.75, 3.05) is 0 Å². The van der Waals surface area contributed by atoms with Crippen LogP contribution in [0.15, 0.2) is 61.2 Å². The molecule has 0 nitrogen and oxygen atoms in total. The first-order valence-corrected chi connectivity index (χ1v) is 14.4. The second-order valence-corrected chi connectivity index (χ2v) is 11.6. The fourth-order valence-electron chi connectivity index (χ4n) is 7.07. The molecular weight excluding hydrogens is 427 g/mol. The van der Waals surface area contributed by atoms with Crippen molar-refractivity contribution in [3.05, 3.63) is 89.3 Å². The van der Waals surface area contributed by atoms with Crippen LogP contribution >= 0.6 is 0 Å². The van der Waals surface area contributed by atoms with Crippen molar-refractivity contribution in [3.63, 3.8) is 0 Å². The molecule has 1 atom stereocenters. The molecule has 2 saturated carbocycles. The van der Waals surface area contributed by atoms with E-state index in [9.17, 15) is 0 Å². The topological polar surface area (TPSA) is 0 Å². The second-order valence-electron chi connectivity index (χ2n) is 11.6. The predicted molar refractivity (Wildman–Crippen MR) is 147 cm³/mol. The van der Waals surface area contributed by atoms with Crippen LogP contribution in [0, 0.1) is 17.7 Å². The minimum atomic E-state index is 0.0370. The van der Waals surface area contributed by atoms with E-state index >= 15 is 4.39 Å². The Morgan fingerprint density at radius 3 is 2.09 bits per heavy atom. The number of rotatable bonds is 6. The average Bonchev–Trinajstić information content (AvgIpc) is 2.93. The summed E-state index contributed by atoms with van der Waals surface area (Å²) >= 11 is 0. The lowest BCUT2D eigenvalue weighted by Crippen LogP contribution is -2.14. The number of hydrogen-bond donors (Lipinski definition) is 0. The molecule has 35 heavy (non-hydrogen) atoms. The summed E-state index contributed by atoms with van der Waals surface area (Å²) in [6.45, 7) is 6.26. The first-order valence-electron chi connectivity index (χ1n) is 14.4. The summed E-state index contributed by atoms with van der Waals surface area (Å²) in [7, 11) is 0. The van der Waals surface area contributed by atoms with Crippen molar-refractivity contribution in [2.45, 2.75) is 102 Å². The van der Waals surface area contributed by atoms with Crippen molar-refractivity contribution in [1.29, 1.82) is 0 Å². The summed E-state index contributed by atoms with van der Waals surface area (Å²) in [5.41, 5.74) is 6.50. The maximum atomic E-state index is 15.1. The SMILES string of the molecule is C=CC1CCC(c2ccc(C3=CCC(c4ccc(C5CCC(CC)CC5)c(F)c4)CC3)cc2)CC1. The molecule has 2 aromatic rings. The van der Waals surface area contributed by atoms with Crippen LogP contribution < -0.4 is 0 Å². The molecule has 0 amide bonds. The zero-order valence-corrected chi connectivity index (χ0v) is 21.7. The van der Waals surface area contributed by atoms with E-state index < -0.39 is 0 Å². The standard InChI is InChI=1S/C34H43F/c1-3-24-5-9-26(10-6-24)27-13-15-28(16-14-27)29-17-19-30(20-18-29)32-21-22-33(34(35)23-32)31-11-7-25(4-2)8-12-31/h3,13-17,21-26,30-31H,1,4-12,18-20H2,2H3. The molecule has 3 aliphatic rings. The second kappa shape index (κ2) is 11.3. The van der Waals surface area contributed by atoms with Gasteiger partial charge in [0.2, 0.25) is 0 Å². The highest BCUT2D eigenvalue weighted by Gasteiger charge is 2.25. The molecule has 0 N–H and O–H groups in total. The Hall–Kier alpha value is -2.15. The van der Waals surface area contributed by atoms with Crippen LogP contribution in [-0.2, 0) is 0 Å². The summed E-state index contributed by atoms with van der Waals surface area (Å²) in [6, 6.07) is 15.6. The number of halogens is 1. The van der Waals surface area contributed by atoms with Gasteiger partial charge in [-0.25, -0.2) is 4.39 Å².